The van der Waals surface area contributed by atoms with Gasteiger partial charge in [0.25, 0.3) is 0 Å². The summed E-state index contributed by atoms with van der Waals surface area (Å²) in [7, 11) is 0. The van der Waals surface area contributed by atoms with Gasteiger partial charge in [0.2, 0.25) is 5.91 Å². The molecular formula is C15H22N2O2. The third-order valence-electron chi connectivity index (χ3n) is 3.66. The summed E-state index contributed by atoms with van der Waals surface area (Å²) in [6.45, 7) is 3.77. The lowest BCUT2D eigenvalue weighted by Crippen LogP contribution is -2.37. The van der Waals surface area contributed by atoms with Crippen molar-refractivity contribution in [1.82, 2.24) is 5.32 Å². The minimum absolute atomic E-state index is 0.112. The molecule has 1 aliphatic carbocycles. The van der Waals surface area contributed by atoms with Gasteiger partial charge in [-0.25, -0.2) is 0 Å². The predicted octanol–water partition coefficient (Wildman–Crippen LogP) is 1.48. The van der Waals surface area contributed by atoms with Crippen molar-refractivity contribution >= 4 is 5.91 Å². The van der Waals surface area contributed by atoms with Gasteiger partial charge < -0.3 is 15.8 Å². The Balaban J connectivity index is 1.75. The molecule has 0 bridgehead atoms. The van der Waals surface area contributed by atoms with Crippen molar-refractivity contribution in [3.05, 3.63) is 29.8 Å². The van der Waals surface area contributed by atoms with Crippen LogP contribution in [0.3, 0.4) is 0 Å². The fraction of sp³-hybridized carbons (Fsp3) is 0.533. The number of ether oxygens (including phenoxy) is 1. The lowest BCUT2D eigenvalue weighted by molar-refractivity contribution is -0.125. The first-order valence-corrected chi connectivity index (χ1v) is 6.90. The Morgan fingerprint density at radius 2 is 2.05 bits per heavy atom. The molecule has 1 amide bonds. The van der Waals surface area contributed by atoms with Gasteiger partial charge in [-0.15, -0.1) is 0 Å². The molecule has 104 valence electrons. The maximum absolute atomic E-state index is 11.9. The average Bonchev–Trinajstić information content (AvgIpc) is 3.22. The summed E-state index contributed by atoms with van der Waals surface area (Å²) in [5.74, 6) is 0.997. The predicted molar refractivity (Wildman–Crippen MR) is 75.0 cm³/mol. The van der Waals surface area contributed by atoms with Crippen LogP contribution in [0.2, 0.25) is 0 Å². The SMILES string of the molecule is CCOc1ccc(CCNC(=O)C2(CN)CC2)cc1. The number of amides is 1. The highest BCUT2D eigenvalue weighted by atomic mass is 16.5. The lowest BCUT2D eigenvalue weighted by atomic mass is 10.1. The zero-order valence-electron chi connectivity index (χ0n) is 11.4. The average molecular weight is 262 g/mol. The Morgan fingerprint density at radius 3 is 2.58 bits per heavy atom. The zero-order chi connectivity index (χ0) is 13.7. The molecule has 1 aromatic carbocycles. The van der Waals surface area contributed by atoms with Crippen LogP contribution in [0.5, 0.6) is 5.75 Å². The van der Waals surface area contributed by atoms with Gasteiger partial charge >= 0.3 is 0 Å². The van der Waals surface area contributed by atoms with Crippen molar-refractivity contribution in [3.63, 3.8) is 0 Å². The minimum Gasteiger partial charge on any atom is -0.494 e. The van der Waals surface area contributed by atoms with Crippen LogP contribution in [0.4, 0.5) is 0 Å². The number of hydrogen-bond acceptors (Lipinski definition) is 3. The van der Waals surface area contributed by atoms with Crippen molar-refractivity contribution in [3.8, 4) is 5.75 Å². The second-order valence-electron chi connectivity index (χ2n) is 5.07. The van der Waals surface area contributed by atoms with Gasteiger partial charge in [0.05, 0.1) is 12.0 Å². The first-order valence-electron chi connectivity index (χ1n) is 6.90. The summed E-state index contributed by atoms with van der Waals surface area (Å²) < 4.78 is 5.39. The van der Waals surface area contributed by atoms with Gasteiger partial charge in [0.1, 0.15) is 5.75 Å². The molecule has 1 fully saturated rings. The van der Waals surface area contributed by atoms with E-state index in [0.717, 1.165) is 25.0 Å². The Labute approximate surface area is 114 Å². The smallest absolute Gasteiger partial charge is 0.227 e. The molecule has 0 heterocycles. The van der Waals surface area contributed by atoms with Crippen LogP contribution in [0.15, 0.2) is 24.3 Å². The third kappa shape index (κ3) is 3.47. The largest absolute Gasteiger partial charge is 0.494 e. The molecule has 2 rings (SSSR count). The number of carbonyl (C=O) groups excluding carboxylic acids is 1. The van der Waals surface area contributed by atoms with E-state index in [1.165, 1.54) is 5.56 Å². The van der Waals surface area contributed by atoms with Crippen LogP contribution in [0.25, 0.3) is 0 Å². The standard InChI is InChI=1S/C15H22N2O2/c1-2-19-13-5-3-12(4-6-13)7-10-17-14(18)15(11-16)8-9-15/h3-6H,2,7-11,16H2,1H3,(H,17,18). The van der Waals surface area contributed by atoms with E-state index in [4.69, 9.17) is 10.5 Å². The summed E-state index contributed by atoms with van der Waals surface area (Å²) in [4.78, 5) is 11.9. The van der Waals surface area contributed by atoms with Crippen molar-refractivity contribution < 1.29 is 9.53 Å². The third-order valence-corrected chi connectivity index (χ3v) is 3.66. The van der Waals surface area contributed by atoms with E-state index in [9.17, 15) is 4.79 Å². The minimum atomic E-state index is -0.251. The fourth-order valence-electron chi connectivity index (χ4n) is 2.10. The van der Waals surface area contributed by atoms with Gasteiger partial charge in [0.15, 0.2) is 0 Å². The number of carbonyl (C=O) groups is 1. The highest BCUT2D eigenvalue weighted by molar-refractivity contribution is 5.85. The van der Waals surface area contributed by atoms with E-state index < -0.39 is 0 Å². The van der Waals surface area contributed by atoms with E-state index in [1.54, 1.807) is 0 Å². The molecule has 4 nitrogen and oxygen atoms in total. The molecule has 0 atom stereocenters. The van der Waals surface area contributed by atoms with E-state index in [1.807, 2.05) is 31.2 Å². The summed E-state index contributed by atoms with van der Waals surface area (Å²) in [5, 5.41) is 2.97. The monoisotopic (exact) mass is 262 g/mol. The van der Waals surface area contributed by atoms with Gasteiger partial charge in [0, 0.05) is 13.1 Å². The highest BCUT2D eigenvalue weighted by Crippen LogP contribution is 2.44. The van der Waals surface area contributed by atoms with Gasteiger partial charge in [-0.2, -0.15) is 0 Å². The van der Waals surface area contributed by atoms with Gasteiger partial charge in [-0.05, 0) is 43.9 Å². The van der Waals surface area contributed by atoms with Crippen molar-refractivity contribution in [2.75, 3.05) is 19.7 Å². The summed E-state index contributed by atoms with van der Waals surface area (Å²) in [6.07, 6.45) is 2.69. The van der Waals surface area contributed by atoms with Crippen LogP contribution < -0.4 is 15.8 Å². The fourth-order valence-corrected chi connectivity index (χ4v) is 2.10. The second-order valence-corrected chi connectivity index (χ2v) is 5.07. The molecule has 0 spiro atoms. The van der Waals surface area contributed by atoms with Gasteiger partial charge in [-0.3, -0.25) is 4.79 Å². The topological polar surface area (TPSA) is 64.3 Å². The summed E-state index contributed by atoms with van der Waals surface area (Å²) in [5.41, 5.74) is 6.57. The van der Waals surface area contributed by atoms with Gasteiger partial charge in [-0.1, -0.05) is 12.1 Å². The van der Waals surface area contributed by atoms with E-state index >= 15 is 0 Å². The maximum atomic E-state index is 11.9. The molecule has 0 saturated heterocycles. The Hall–Kier alpha value is -1.55. The normalized spacial score (nSPS) is 15.9. The lowest BCUT2D eigenvalue weighted by Gasteiger charge is -2.12. The molecular weight excluding hydrogens is 240 g/mol. The number of benzene rings is 1. The molecule has 1 aliphatic rings. The Kier molecular flexibility index (Phi) is 4.43. The highest BCUT2D eigenvalue weighted by Gasteiger charge is 2.48. The van der Waals surface area contributed by atoms with Crippen LogP contribution in [0, 0.1) is 5.41 Å². The van der Waals surface area contributed by atoms with Crippen molar-refractivity contribution in [1.29, 1.82) is 0 Å². The molecule has 0 unspecified atom stereocenters. The quantitative estimate of drug-likeness (QED) is 0.782. The number of nitrogens with one attached hydrogen (secondary N) is 1. The molecule has 3 N–H and O–H groups in total. The molecule has 0 aromatic heterocycles. The Morgan fingerprint density at radius 1 is 1.37 bits per heavy atom. The molecule has 19 heavy (non-hydrogen) atoms. The Bertz CT molecular complexity index is 424. The first kappa shape index (κ1) is 13.9. The van der Waals surface area contributed by atoms with E-state index in [-0.39, 0.29) is 11.3 Å². The second kappa shape index (κ2) is 6.06. The molecule has 1 saturated carbocycles. The molecule has 0 radical (unpaired) electrons. The summed E-state index contributed by atoms with van der Waals surface area (Å²) in [6, 6.07) is 7.99. The first-order chi connectivity index (χ1) is 9.20. The number of rotatable bonds is 7. The van der Waals surface area contributed by atoms with Crippen LogP contribution in [0.1, 0.15) is 25.3 Å². The molecule has 4 heteroatoms. The molecule has 0 aliphatic heterocycles. The number of hydrogen-bond donors (Lipinski definition) is 2. The zero-order valence-corrected chi connectivity index (χ0v) is 11.4. The van der Waals surface area contributed by atoms with E-state index in [2.05, 4.69) is 5.32 Å². The van der Waals surface area contributed by atoms with Crippen LogP contribution >= 0.6 is 0 Å². The van der Waals surface area contributed by atoms with Crippen LogP contribution in [-0.4, -0.2) is 25.6 Å². The summed E-state index contributed by atoms with van der Waals surface area (Å²) >= 11 is 0. The maximum Gasteiger partial charge on any atom is 0.227 e. The van der Waals surface area contributed by atoms with Crippen molar-refractivity contribution in [2.24, 2.45) is 11.1 Å². The molecule has 1 aromatic rings. The number of nitrogens with two attached hydrogens (primary N) is 1. The van der Waals surface area contributed by atoms with Crippen LogP contribution in [-0.2, 0) is 11.2 Å². The van der Waals surface area contributed by atoms with Crippen molar-refractivity contribution in [2.45, 2.75) is 26.2 Å². The van der Waals surface area contributed by atoms with E-state index in [0.29, 0.717) is 19.7 Å².